The van der Waals surface area contributed by atoms with Crippen LogP contribution in [0.2, 0.25) is 0 Å². The van der Waals surface area contributed by atoms with E-state index in [1.54, 1.807) is 7.11 Å². The summed E-state index contributed by atoms with van der Waals surface area (Å²) in [6.45, 7) is 7.90. The molecule has 1 N–H and O–H groups in total. The number of hydrogen-bond acceptors (Lipinski definition) is 3. The second-order valence-electron chi connectivity index (χ2n) is 10.8. The van der Waals surface area contributed by atoms with Crippen molar-refractivity contribution in [1.29, 1.82) is 0 Å². The van der Waals surface area contributed by atoms with Crippen LogP contribution in [0.5, 0.6) is 11.5 Å². The van der Waals surface area contributed by atoms with Gasteiger partial charge in [-0.3, -0.25) is 4.79 Å². The normalized spacial score (nSPS) is 11.8. The molecule has 0 fully saturated rings. The predicted octanol–water partition coefficient (Wildman–Crippen LogP) is 8.74. The predicted molar refractivity (Wildman–Crippen MR) is 162 cm³/mol. The number of nitrogens with one attached hydrogen (secondary N) is 1. The maximum Gasteiger partial charge on any atom is 0.316 e. The number of amides is 1. The molecule has 0 aliphatic carbocycles. The van der Waals surface area contributed by atoms with Gasteiger partial charge in [0, 0.05) is 18.6 Å². The fourth-order valence-electron chi connectivity index (χ4n) is 5.02. The SMILES string of the molecule is CCCCCCCCCCCCCCCCOc1ccc(C(C)NC(=O)c2cccc[n+]2CCC)cc1OC. The molecule has 1 unspecified atom stereocenters. The minimum Gasteiger partial charge on any atom is -0.493 e. The van der Waals surface area contributed by atoms with Gasteiger partial charge in [0.15, 0.2) is 17.7 Å². The van der Waals surface area contributed by atoms with Gasteiger partial charge in [-0.05, 0) is 37.1 Å². The molecule has 0 saturated carbocycles. The summed E-state index contributed by atoms with van der Waals surface area (Å²) in [5.74, 6) is 1.40. The van der Waals surface area contributed by atoms with Crippen LogP contribution in [0.15, 0.2) is 42.6 Å². The van der Waals surface area contributed by atoms with Gasteiger partial charge in [0.1, 0.15) is 6.54 Å². The summed E-state index contributed by atoms with van der Waals surface area (Å²) < 4.78 is 13.7. The number of hydrogen-bond donors (Lipinski definition) is 1. The van der Waals surface area contributed by atoms with Crippen LogP contribution in [-0.4, -0.2) is 19.6 Å². The summed E-state index contributed by atoms with van der Waals surface area (Å²) in [5, 5.41) is 3.13. The highest BCUT2D eigenvalue weighted by molar-refractivity contribution is 5.91. The largest absolute Gasteiger partial charge is 0.493 e. The molecule has 1 heterocycles. The molecule has 0 aliphatic rings. The first-order valence-corrected chi connectivity index (χ1v) is 15.7. The summed E-state index contributed by atoms with van der Waals surface area (Å²) in [5.41, 5.74) is 1.66. The zero-order valence-corrected chi connectivity index (χ0v) is 25.3. The third-order valence-corrected chi connectivity index (χ3v) is 7.43. The molecule has 2 rings (SSSR count). The second kappa shape index (κ2) is 20.4. The summed E-state index contributed by atoms with van der Waals surface area (Å²) in [6.07, 6.45) is 21.8. The van der Waals surface area contributed by atoms with Crippen molar-refractivity contribution in [1.82, 2.24) is 5.32 Å². The molecule has 0 aliphatic heterocycles. The van der Waals surface area contributed by atoms with Crippen LogP contribution in [-0.2, 0) is 6.54 Å². The Morgan fingerprint density at radius 2 is 1.41 bits per heavy atom. The van der Waals surface area contributed by atoms with Gasteiger partial charge >= 0.3 is 5.91 Å². The first kappa shape index (κ1) is 32.7. The average molecular weight is 540 g/mol. The molecule has 0 saturated heterocycles. The molecular weight excluding hydrogens is 484 g/mol. The third-order valence-electron chi connectivity index (χ3n) is 7.43. The number of aryl methyl sites for hydroxylation is 1. The van der Waals surface area contributed by atoms with E-state index in [2.05, 4.69) is 19.2 Å². The number of rotatable bonds is 22. The number of aromatic nitrogens is 1. The van der Waals surface area contributed by atoms with Gasteiger partial charge in [0.05, 0.1) is 19.8 Å². The van der Waals surface area contributed by atoms with Crippen molar-refractivity contribution in [2.75, 3.05) is 13.7 Å². The molecule has 0 spiro atoms. The van der Waals surface area contributed by atoms with E-state index < -0.39 is 0 Å². The molecular formula is C34H55N2O3+. The molecule has 2 aromatic rings. The van der Waals surface area contributed by atoms with E-state index in [0.717, 1.165) is 30.7 Å². The highest BCUT2D eigenvalue weighted by Crippen LogP contribution is 2.30. The van der Waals surface area contributed by atoms with Gasteiger partial charge in [-0.1, -0.05) is 103 Å². The van der Waals surface area contributed by atoms with Crippen molar-refractivity contribution in [2.45, 2.75) is 130 Å². The van der Waals surface area contributed by atoms with E-state index in [0.29, 0.717) is 18.1 Å². The van der Waals surface area contributed by atoms with E-state index >= 15 is 0 Å². The van der Waals surface area contributed by atoms with E-state index in [1.807, 2.05) is 54.1 Å². The number of carbonyl (C=O) groups is 1. The summed E-state index contributed by atoms with van der Waals surface area (Å²) >= 11 is 0. The Balaban J connectivity index is 1.64. The van der Waals surface area contributed by atoms with E-state index in [4.69, 9.17) is 9.47 Å². The molecule has 1 aromatic carbocycles. The molecule has 218 valence electrons. The van der Waals surface area contributed by atoms with Crippen LogP contribution in [0.25, 0.3) is 0 Å². The monoisotopic (exact) mass is 539 g/mol. The second-order valence-corrected chi connectivity index (χ2v) is 10.8. The molecule has 5 nitrogen and oxygen atoms in total. The Labute approximate surface area is 238 Å². The molecule has 1 atom stereocenters. The minimum atomic E-state index is -0.151. The highest BCUT2D eigenvalue weighted by atomic mass is 16.5. The highest BCUT2D eigenvalue weighted by Gasteiger charge is 2.21. The van der Waals surface area contributed by atoms with Gasteiger partial charge in [-0.15, -0.1) is 0 Å². The van der Waals surface area contributed by atoms with Crippen LogP contribution in [0, 0.1) is 0 Å². The van der Waals surface area contributed by atoms with Crippen molar-refractivity contribution in [3.8, 4) is 11.5 Å². The quantitative estimate of drug-likeness (QED) is 0.120. The van der Waals surface area contributed by atoms with Crippen LogP contribution in [0.4, 0.5) is 0 Å². The lowest BCUT2D eigenvalue weighted by molar-refractivity contribution is -0.698. The zero-order chi connectivity index (χ0) is 28.1. The van der Waals surface area contributed by atoms with Crippen molar-refractivity contribution in [3.63, 3.8) is 0 Å². The fraction of sp³-hybridized carbons (Fsp3) is 0.647. The van der Waals surface area contributed by atoms with Crippen LogP contribution < -0.4 is 19.4 Å². The minimum absolute atomic E-state index is 0.0753. The third kappa shape index (κ3) is 12.9. The topological polar surface area (TPSA) is 51.4 Å². The van der Waals surface area contributed by atoms with Gasteiger partial charge in [-0.2, -0.15) is 4.57 Å². The van der Waals surface area contributed by atoms with Crippen LogP contribution >= 0.6 is 0 Å². The summed E-state index contributed by atoms with van der Waals surface area (Å²) in [4.78, 5) is 12.9. The van der Waals surface area contributed by atoms with Crippen molar-refractivity contribution < 1.29 is 18.8 Å². The molecule has 0 radical (unpaired) electrons. The summed E-state index contributed by atoms with van der Waals surface area (Å²) in [6, 6.07) is 11.5. The van der Waals surface area contributed by atoms with Crippen molar-refractivity contribution in [3.05, 3.63) is 53.9 Å². The van der Waals surface area contributed by atoms with Gasteiger partial charge in [-0.25, -0.2) is 0 Å². The lowest BCUT2D eigenvalue weighted by Crippen LogP contribution is -2.43. The first-order chi connectivity index (χ1) is 19.1. The van der Waals surface area contributed by atoms with Crippen molar-refractivity contribution >= 4 is 5.91 Å². The molecule has 1 amide bonds. The van der Waals surface area contributed by atoms with Crippen molar-refractivity contribution in [2.24, 2.45) is 0 Å². The van der Waals surface area contributed by atoms with Crippen LogP contribution in [0.3, 0.4) is 0 Å². The first-order valence-electron chi connectivity index (χ1n) is 15.7. The Kier molecular flexibility index (Phi) is 17.0. The summed E-state index contributed by atoms with van der Waals surface area (Å²) in [7, 11) is 1.67. The Morgan fingerprint density at radius 3 is 2.00 bits per heavy atom. The smallest absolute Gasteiger partial charge is 0.316 e. The number of methoxy groups -OCH3 is 1. The fourth-order valence-corrected chi connectivity index (χ4v) is 5.02. The van der Waals surface area contributed by atoms with E-state index in [1.165, 1.54) is 83.5 Å². The van der Waals surface area contributed by atoms with E-state index in [-0.39, 0.29) is 11.9 Å². The lowest BCUT2D eigenvalue weighted by Gasteiger charge is -2.17. The van der Waals surface area contributed by atoms with Gasteiger partial charge in [0.25, 0.3) is 5.69 Å². The maximum atomic E-state index is 12.9. The number of carbonyl (C=O) groups excluding carboxylic acids is 1. The van der Waals surface area contributed by atoms with Gasteiger partial charge in [0.2, 0.25) is 0 Å². The standard InChI is InChI=1S/C34H54N2O3/c1-5-7-8-9-10-11-12-13-14-15-16-17-18-21-27-39-32-24-23-30(28-33(32)38-4)29(3)35-34(37)31-22-19-20-26-36(31)25-6-2/h19-20,22-24,26,28-29H,5-18,21,25,27H2,1-4H3/p+1. The number of pyridine rings is 1. The lowest BCUT2D eigenvalue weighted by atomic mass is 10.0. The Bertz CT molecular complexity index is 930. The zero-order valence-electron chi connectivity index (χ0n) is 25.3. The molecule has 1 aromatic heterocycles. The van der Waals surface area contributed by atoms with Gasteiger partial charge < -0.3 is 14.8 Å². The van der Waals surface area contributed by atoms with Crippen LogP contribution in [0.1, 0.15) is 139 Å². The molecule has 0 bridgehead atoms. The maximum absolute atomic E-state index is 12.9. The average Bonchev–Trinajstić information content (AvgIpc) is 2.95. The van der Waals surface area contributed by atoms with E-state index in [9.17, 15) is 4.79 Å². The number of ether oxygens (including phenoxy) is 2. The Hall–Kier alpha value is -2.56. The molecule has 39 heavy (non-hydrogen) atoms. The molecule has 5 heteroatoms. The number of nitrogens with zero attached hydrogens (tertiary/aromatic N) is 1. The number of benzene rings is 1. The number of unbranched alkanes of at least 4 members (excludes halogenated alkanes) is 13. The Morgan fingerprint density at radius 1 is 0.795 bits per heavy atom.